The maximum Gasteiger partial charge on any atom is 0.337 e. The largest absolute Gasteiger partial charge is 0.478 e. The van der Waals surface area contributed by atoms with Gasteiger partial charge in [-0.15, -0.1) is 0 Å². The van der Waals surface area contributed by atoms with Gasteiger partial charge in [0.15, 0.2) is 28.9 Å². The topological polar surface area (TPSA) is 358 Å². The molecule has 0 heterocycles. The maximum absolute atomic E-state index is 11.8. The highest BCUT2D eigenvalue weighted by Crippen LogP contribution is 2.18. The van der Waals surface area contributed by atoms with E-state index in [0.29, 0.717) is 61.2 Å². The third-order valence-electron chi connectivity index (χ3n) is 13.2. The van der Waals surface area contributed by atoms with E-state index in [2.05, 4.69) is 23.7 Å². The number of hydroxylamine groups is 2. The molecular weight excluding hydrogens is 1290 g/mol. The lowest BCUT2D eigenvalue weighted by atomic mass is 10.0. The van der Waals surface area contributed by atoms with Gasteiger partial charge in [0.1, 0.15) is 0 Å². The summed E-state index contributed by atoms with van der Waals surface area (Å²) in [6, 6.07) is 33.3. The van der Waals surface area contributed by atoms with Gasteiger partial charge in [0.2, 0.25) is 0 Å². The van der Waals surface area contributed by atoms with Crippen molar-refractivity contribution in [2.24, 2.45) is 0 Å². The minimum absolute atomic E-state index is 0. The second-order valence-electron chi connectivity index (χ2n) is 21.8. The van der Waals surface area contributed by atoms with Crippen LogP contribution in [0.15, 0.2) is 127 Å². The van der Waals surface area contributed by atoms with Crippen LogP contribution in [0.1, 0.15) is 226 Å². The van der Waals surface area contributed by atoms with Crippen LogP contribution in [0.5, 0.6) is 0 Å². The summed E-state index contributed by atoms with van der Waals surface area (Å²) in [5.41, 5.74) is 10.8. The van der Waals surface area contributed by atoms with E-state index in [-0.39, 0.29) is 64.5 Å². The Morgan fingerprint density at radius 1 is 0.250 bits per heavy atom. The SMILES string of the molecule is C.CC(=O)c1cc(C)cc(C(=O)O)c1.CC(=O)c1cc(C)cc(C(=O)O)c1.COC(=O)c1cc(C)cc(C(=O)N(C)OC)c1.COC(=O)c1cc(C)cc(C(=O)O)c1.COC(=O)c1cc(C)cc(C(C)=O)c1.COC(=O)c1cc(C)cc(C(C)=O)c1.COC(=O)c1cc(C)cc(C(C)=O)c1. The molecular formula is C76H85NO23. The zero-order valence-corrected chi connectivity index (χ0v) is 58.6. The van der Waals surface area contributed by atoms with Gasteiger partial charge >= 0.3 is 47.8 Å². The Hall–Kier alpha value is -11.9. The average Bonchev–Trinajstić information content (AvgIpc) is 0.918. The minimum Gasteiger partial charge on any atom is -0.478 e. The number of benzene rings is 7. The second kappa shape index (κ2) is 42.6. The van der Waals surface area contributed by atoms with Gasteiger partial charge in [-0.3, -0.25) is 33.6 Å². The van der Waals surface area contributed by atoms with Crippen LogP contribution in [0.3, 0.4) is 0 Å². The standard InChI is InChI=1S/C12H15NO4.3C11H12O3.C10H10O4.2C10H10O3.CH4/c1-8-5-9(11(14)13(2)17-4)7-10(6-8)12(15)16-3;3*1-7-4-9(8(2)12)6-10(5-7)11(13)14-3;1-6-3-7(9(11)12)5-8(4-6)10(13)14-2;2*1-6-3-8(7(2)11)5-9(4-6)10(12)13;/h5-7H,1-4H3;3*4-6H,1-3H3;3-5H,1-2H3,(H,11,12);2*3-5H,1-2H3,(H,12,13);1H4. The van der Waals surface area contributed by atoms with Crippen molar-refractivity contribution >= 4 is 82.6 Å². The summed E-state index contributed by atoms with van der Waals surface area (Å²) >= 11 is 0. The second-order valence-corrected chi connectivity index (χ2v) is 21.8. The number of hydrogen-bond donors (Lipinski definition) is 3. The van der Waals surface area contributed by atoms with Crippen molar-refractivity contribution in [3.63, 3.8) is 0 Å². The lowest BCUT2D eigenvalue weighted by Crippen LogP contribution is -2.25. The summed E-state index contributed by atoms with van der Waals surface area (Å²) < 4.78 is 22.8. The Kier molecular flexibility index (Phi) is 37.5. The molecule has 0 spiro atoms. The molecule has 100 heavy (non-hydrogen) atoms. The fourth-order valence-corrected chi connectivity index (χ4v) is 8.44. The molecule has 0 aliphatic heterocycles. The van der Waals surface area contributed by atoms with E-state index in [0.717, 1.165) is 38.4 Å². The van der Waals surface area contributed by atoms with Crippen LogP contribution in [0.4, 0.5) is 0 Å². The highest BCUT2D eigenvalue weighted by Gasteiger charge is 2.17. The van der Waals surface area contributed by atoms with Crippen molar-refractivity contribution in [1.82, 2.24) is 5.06 Å². The fraction of sp³-hybridized carbons (Fsp3) is 0.263. The molecule has 7 aromatic carbocycles. The average molecular weight is 1380 g/mol. The number of carbonyl (C=O) groups excluding carboxylic acids is 11. The number of aryl methyl sites for hydroxylation is 7. The Bertz CT molecular complexity index is 3750. The number of rotatable bonds is 15. The number of ketones is 5. The number of amides is 1. The van der Waals surface area contributed by atoms with Crippen LogP contribution < -0.4 is 0 Å². The number of methoxy groups -OCH3 is 5. The molecule has 0 bridgehead atoms. The van der Waals surface area contributed by atoms with Gasteiger partial charge in [0, 0.05) is 40.4 Å². The Morgan fingerprint density at radius 3 is 0.550 bits per heavy atom. The van der Waals surface area contributed by atoms with Crippen molar-refractivity contribution in [1.29, 1.82) is 0 Å². The molecule has 0 aliphatic carbocycles. The number of Topliss-reactive ketones (excluding diaryl/α,β-unsaturated/α-hetero) is 5. The zero-order valence-electron chi connectivity index (χ0n) is 58.6. The Labute approximate surface area is 580 Å². The van der Waals surface area contributed by atoms with Crippen LogP contribution in [0.25, 0.3) is 0 Å². The first-order valence-electron chi connectivity index (χ1n) is 29.5. The molecule has 7 aromatic rings. The van der Waals surface area contributed by atoms with Crippen LogP contribution in [-0.2, 0) is 28.5 Å². The number of hydrogen-bond acceptors (Lipinski definition) is 20. The fourth-order valence-electron chi connectivity index (χ4n) is 8.44. The molecule has 0 saturated carbocycles. The van der Waals surface area contributed by atoms with E-state index < -0.39 is 47.8 Å². The minimum atomic E-state index is -1.06. The summed E-state index contributed by atoms with van der Waals surface area (Å²) in [5.74, 6) is -6.06. The maximum atomic E-state index is 11.8. The molecule has 0 fully saturated rings. The predicted molar refractivity (Wildman–Crippen MR) is 372 cm³/mol. The molecule has 0 saturated heterocycles. The van der Waals surface area contributed by atoms with Crippen molar-refractivity contribution in [2.75, 3.05) is 49.7 Å². The summed E-state index contributed by atoms with van der Waals surface area (Å²) in [5, 5.41) is 27.2. The molecule has 0 radical (unpaired) electrons. The lowest BCUT2D eigenvalue weighted by Gasteiger charge is -2.14. The highest BCUT2D eigenvalue weighted by atomic mass is 16.7. The molecule has 7 rings (SSSR count). The van der Waals surface area contributed by atoms with Gasteiger partial charge in [-0.05, 0) is 249 Å². The van der Waals surface area contributed by atoms with Gasteiger partial charge in [-0.1, -0.05) is 7.43 Å². The normalized spacial score (nSPS) is 9.59. The number of carboxylic acids is 3. The number of carbonyl (C=O) groups is 14. The number of ether oxygens (including phenoxy) is 5. The van der Waals surface area contributed by atoms with Crippen molar-refractivity contribution < 1.29 is 111 Å². The first kappa shape index (κ1) is 88.1. The van der Waals surface area contributed by atoms with Gasteiger partial charge in [0.05, 0.1) is 87.2 Å². The molecule has 0 aromatic heterocycles. The molecule has 3 N–H and O–H groups in total. The van der Waals surface area contributed by atoms with Crippen molar-refractivity contribution in [3.05, 3.63) is 244 Å². The van der Waals surface area contributed by atoms with Crippen molar-refractivity contribution in [2.45, 2.75) is 90.5 Å². The van der Waals surface area contributed by atoms with E-state index in [1.165, 1.54) is 127 Å². The van der Waals surface area contributed by atoms with E-state index in [1.54, 1.807) is 113 Å². The van der Waals surface area contributed by atoms with Gasteiger partial charge in [-0.25, -0.2) is 43.4 Å². The summed E-state index contributed by atoms with van der Waals surface area (Å²) in [7, 11) is 9.41. The monoisotopic (exact) mass is 1380 g/mol. The summed E-state index contributed by atoms with van der Waals surface area (Å²) in [6.45, 7) is 19.8. The Morgan fingerprint density at radius 2 is 0.390 bits per heavy atom. The molecule has 24 heteroatoms. The number of aromatic carboxylic acids is 3. The number of esters is 5. The lowest BCUT2D eigenvalue weighted by molar-refractivity contribution is -0.0757. The Balaban J connectivity index is 0.00000114. The van der Waals surface area contributed by atoms with E-state index in [1.807, 2.05) is 20.8 Å². The third kappa shape index (κ3) is 30.0. The van der Waals surface area contributed by atoms with Crippen LogP contribution >= 0.6 is 0 Å². The zero-order chi connectivity index (χ0) is 75.9. The molecule has 0 atom stereocenters. The summed E-state index contributed by atoms with van der Waals surface area (Å²) in [6.07, 6.45) is 0. The predicted octanol–water partition coefficient (Wildman–Crippen LogP) is 13.3. The smallest absolute Gasteiger partial charge is 0.337 e. The number of carboxylic acid groups (broad SMARTS) is 3. The van der Waals surface area contributed by atoms with Crippen LogP contribution in [-0.4, -0.2) is 153 Å². The molecule has 0 aliphatic rings. The highest BCUT2D eigenvalue weighted by molar-refractivity contribution is 6.02. The van der Waals surface area contributed by atoms with Crippen LogP contribution in [0.2, 0.25) is 0 Å². The van der Waals surface area contributed by atoms with Gasteiger partial charge in [0.25, 0.3) is 5.91 Å². The first-order chi connectivity index (χ1) is 46.2. The van der Waals surface area contributed by atoms with E-state index >= 15 is 0 Å². The molecule has 1 amide bonds. The van der Waals surface area contributed by atoms with Crippen molar-refractivity contribution in [3.8, 4) is 0 Å². The number of nitrogens with zero attached hydrogens (tertiary/aromatic N) is 1. The van der Waals surface area contributed by atoms with E-state index in [9.17, 15) is 67.1 Å². The molecule has 0 unspecified atom stereocenters. The quantitative estimate of drug-likeness (QED) is 0.0371. The first-order valence-corrected chi connectivity index (χ1v) is 29.5. The van der Waals surface area contributed by atoms with E-state index in [4.69, 9.17) is 20.2 Å². The summed E-state index contributed by atoms with van der Waals surface area (Å²) in [4.78, 5) is 160. The molecule has 532 valence electrons. The van der Waals surface area contributed by atoms with Gasteiger partial charge < -0.3 is 39.0 Å². The third-order valence-corrected chi connectivity index (χ3v) is 13.2. The molecule has 24 nitrogen and oxygen atoms in total. The van der Waals surface area contributed by atoms with Crippen LogP contribution in [0, 0.1) is 48.5 Å². The van der Waals surface area contributed by atoms with Gasteiger partial charge in [-0.2, -0.15) is 0 Å².